The molecule has 0 aliphatic carbocycles. The van der Waals surface area contributed by atoms with Gasteiger partial charge in [0.05, 0.1) is 34.6 Å². The third-order valence-electron chi connectivity index (χ3n) is 3.13. The van der Waals surface area contributed by atoms with Gasteiger partial charge < -0.3 is 4.74 Å². The van der Waals surface area contributed by atoms with E-state index in [1.54, 1.807) is 6.07 Å². The van der Waals surface area contributed by atoms with E-state index in [2.05, 4.69) is 18.8 Å². The van der Waals surface area contributed by atoms with Gasteiger partial charge in [-0.3, -0.25) is 4.72 Å². The van der Waals surface area contributed by atoms with E-state index >= 15 is 0 Å². The van der Waals surface area contributed by atoms with Crippen LogP contribution in [0.5, 0.6) is 0 Å². The highest BCUT2D eigenvalue weighted by molar-refractivity contribution is 7.92. The molecular formula is C14H10FN3O4S2. The van der Waals surface area contributed by atoms with Crippen LogP contribution in [0, 0.1) is 5.82 Å². The Morgan fingerprint density at radius 1 is 1.33 bits per heavy atom. The standard InChI is InChI=1S/C14H10FN3O4S2/c1-22-14(19)9-3-2-8(15)6-11(9)18-24(20,21)13-10-7-17-23-12(10)4-5-16-13/h2-7,18H,1H3. The number of hydrogen-bond donors (Lipinski definition) is 1. The summed E-state index contributed by atoms with van der Waals surface area (Å²) in [5.74, 6) is -1.50. The number of halogens is 1. The Kier molecular flexibility index (Phi) is 4.16. The van der Waals surface area contributed by atoms with Gasteiger partial charge in [0.15, 0.2) is 5.03 Å². The molecule has 0 aliphatic rings. The number of hydrogen-bond acceptors (Lipinski definition) is 7. The maximum atomic E-state index is 13.5. The normalized spacial score (nSPS) is 11.4. The van der Waals surface area contributed by atoms with Crippen LogP contribution in [0.15, 0.2) is 41.7 Å². The van der Waals surface area contributed by atoms with Gasteiger partial charge in [-0.25, -0.2) is 14.2 Å². The molecule has 0 atom stereocenters. The summed E-state index contributed by atoms with van der Waals surface area (Å²) >= 11 is 1.12. The number of rotatable bonds is 4. The second-order valence-corrected chi connectivity index (χ2v) is 7.07. The maximum absolute atomic E-state index is 13.5. The summed E-state index contributed by atoms with van der Waals surface area (Å²) in [7, 11) is -3.02. The number of aromatic nitrogens is 2. The molecule has 3 rings (SSSR count). The molecule has 1 N–H and O–H groups in total. The molecule has 7 nitrogen and oxygen atoms in total. The maximum Gasteiger partial charge on any atom is 0.339 e. The smallest absolute Gasteiger partial charge is 0.339 e. The van der Waals surface area contributed by atoms with Crippen molar-refractivity contribution in [2.45, 2.75) is 5.03 Å². The van der Waals surface area contributed by atoms with E-state index in [9.17, 15) is 17.6 Å². The Labute approximate surface area is 140 Å². The summed E-state index contributed by atoms with van der Waals surface area (Å²) in [6.07, 6.45) is 2.72. The van der Waals surface area contributed by atoms with Crippen molar-refractivity contribution in [1.82, 2.24) is 9.36 Å². The molecule has 2 heterocycles. The molecule has 3 aromatic rings. The van der Waals surface area contributed by atoms with Crippen LogP contribution in [0.2, 0.25) is 0 Å². The minimum Gasteiger partial charge on any atom is -0.465 e. The Bertz CT molecular complexity index is 1030. The third kappa shape index (κ3) is 2.93. The van der Waals surface area contributed by atoms with Gasteiger partial charge in [-0.1, -0.05) is 0 Å². The number of carbonyl (C=O) groups is 1. The molecule has 0 fully saturated rings. The van der Waals surface area contributed by atoms with Crippen LogP contribution < -0.4 is 4.72 Å². The summed E-state index contributed by atoms with van der Waals surface area (Å²) in [6, 6.07) is 4.70. The molecule has 0 saturated heterocycles. The lowest BCUT2D eigenvalue weighted by atomic mass is 10.2. The Morgan fingerprint density at radius 3 is 2.88 bits per heavy atom. The van der Waals surface area contributed by atoms with Gasteiger partial charge in [-0.15, -0.1) is 0 Å². The zero-order chi connectivity index (χ0) is 17.3. The highest BCUT2D eigenvalue weighted by Gasteiger charge is 2.23. The molecule has 24 heavy (non-hydrogen) atoms. The molecular weight excluding hydrogens is 357 g/mol. The van der Waals surface area contributed by atoms with Crippen molar-refractivity contribution in [1.29, 1.82) is 0 Å². The third-order valence-corrected chi connectivity index (χ3v) is 5.22. The molecule has 0 radical (unpaired) electrons. The quantitative estimate of drug-likeness (QED) is 0.711. The molecule has 2 aromatic heterocycles. The first-order valence-corrected chi connectivity index (χ1v) is 8.78. The lowest BCUT2D eigenvalue weighted by Crippen LogP contribution is -2.17. The van der Waals surface area contributed by atoms with Gasteiger partial charge in [-0.2, -0.15) is 12.8 Å². The lowest BCUT2D eigenvalue weighted by molar-refractivity contribution is 0.0602. The van der Waals surface area contributed by atoms with Gasteiger partial charge in [0.1, 0.15) is 5.82 Å². The van der Waals surface area contributed by atoms with Crippen LogP contribution in [0.25, 0.3) is 10.1 Å². The minimum absolute atomic E-state index is 0.113. The number of ether oxygens (including phenoxy) is 1. The molecule has 0 amide bonds. The molecule has 124 valence electrons. The van der Waals surface area contributed by atoms with Crippen molar-refractivity contribution in [2.24, 2.45) is 0 Å². The van der Waals surface area contributed by atoms with Gasteiger partial charge in [0.25, 0.3) is 10.0 Å². The number of nitrogens with zero attached hydrogens (tertiary/aromatic N) is 2. The monoisotopic (exact) mass is 367 g/mol. The van der Waals surface area contributed by atoms with Crippen molar-refractivity contribution >= 4 is 43.3 Å². The number of sulfonamides is 1. The number of fused-ring (bicyclic) bond motifs is 1. The molecule has 0 unspecified atom stereocenters. The second-order valence-electron chi connectivity index (χ2n) is 4.64. The van der Waals surface area contributed by atoms with E-state index in [0.29, 0.717) is 10.1 Å². The van der Waals surface area contributed by atoms with Crippen molar-refractivity contribution in [2.75, 3.05) is 11.8 Å². The molecule has 0 saturated carbocycles. The van der Waals surface area contributed by atoms with Crippen molar-refractivity contribution < 1.29 is 22.3 Å². The predicted molar refractivity (Wildman–Crippen MR) is 86.0 cm³/mol. The van der Waals surface area contributed by atoms with Crippen LogP contribution in [0.3, 0.4) is 0 Å². The van der Waals surface area contributed by atoms with E-state index in [1.165, 1.54) is 12.4 Å². The average molecular weight is 367 g/mol. The van der Waals surface area contributed by atoms with Crippen LogP contribution in [0.1, 0.15) is 10.4 Å². The lowest BCUT2D eigenvalue weighted by Gasteiger charge is -2.11. The van der Waals surface area contributed by atoms with E-state index in [1.807, 2.05) is 0 Å². The van der Waals surface area contributed by atoms with Gasteiger partial charge >= 0.3 is 5.97 Å². The van der Waals surface area contributed by atoms with E-state index in [4.69, 9.17) is 0 Å². The van der Waals surface area contributed by atoms with Crippen molar-refractivity contribution in [3.63, 3.8) is 0 Å². The number of nitrogens with one attached hydrogen (secondary N) is 1. The van der Waals surface area contributed by atoms with Crippen LogP contribution in [-0.4, -0.2) is 30.9 Å². The largest absolute Gasteiger partial charge is 0.465 e. The highest BCUT2D eigenvalue weighted by atomic mass is 32.2. The van der Waals surface area contributed by atoms with E-state index in [-0.39, 0.29) is 16.3 Å². The summed E-state index contributed by atoms with van der Waals surface area (Å²) in [6.45, 7) is 0. The molecule has 0 aliphatic heterocycles. The van der Waals surface area contributed by atoms with Crippen LogP contribution in [-0.2, 0) is 14.8 Å². The number of benzene rings is 1. The fourth-order valence-corrected chi connectivity index (χ4v) is 3.98. The topological polar surface area (TPSA) is 98.2 Å². The number of carbonyl (C=O) groups excluding carboxylic acids is 1. The van der Waals surface area contributed by atoms with E-state index in [0.717, 1.165) is 36.8 Å². The van der Waals surface area contributed by atoms with Gasteiger partial charge in [0, 0.05) is 6.20 Å². The van der Waals surface area contributed by atoms with Crippen molar-refractivity contribution in [3.8, 4) is 0 Å². The molecule has 0 spiro atoms. The van der Waals surface area contributed by atoms with Gasteiger partial charge in [0.2, 0.25) is 0 Å². The summed E-state index contributed by atoms with van der Waals surface area (Å²) in [5, 5.41) is 0.0832. The highest BCUT2D eigenvalue weighted by Crippen LogP contribution is 2.27. The number of methoxy groups -OCH3 is 1. The summed E-state index contributed by atoms with van der Waals surface area (Å²) in [4.78, 5) is 15.6. The van der Waals surface area contributed by atoms with Crippen LogP contribution in [0.4, 0.5) is 10.1 Å². The first kappa shape index (κ1) is 16.3. The molecule has 10 heteroatoms. The molecule has 0 bridgehead atoms. The number of esters is 1. The first-order valence-electron chi connectivity index (χ1n) is 6.52. The average Bonchev–Trinajstić information content (AvgIpc) is 3.02. The van der Waals surface area contributed by atoms with Gasteiger partial charge in [-0.05, 0) is 35.8 Å². The fraction of sp³-hybridized carbons (Fsp3) is 0.0714. The minimum atomic E-state index is -4.16. The SMILES string of the molecule is COC(=O)c1ccc(F)cc1NS(=O)(=O)c1nccc2sncc12. The second kappa shape index (κ2) is 6.13. The van der Waals surface area contributed by atoms with E-state index < -0.39 is 21.8 Å². The summed E-state index contributed by atoms with van der Waals surface area (Å²) in [5.41, 5.74) is -0.345. The van der Waals surface area contributed by atoms with Crippen molar-refractivity contribution in [3.05, 3.63) is 48.0 Å². The van der Waals surface area contributed by atoms with Crippen LogP contribution >= 0.6 is 11.5 Å². The number of anilines is 1. The fourth-order valence-electron chi connectivity index (χ4n) is 2.07. The Balaban J connectivity index is 2.09. The number of pyridine rings is 1. The Hall–Kier alpha value is -2.59. The zero-order valence-corrected chi connectivity index (χ0v) is 13.8. The molecule has 1 aromatic carbocycles. The zero-order valence-electron chi connectivity index (χ0n) is 12.2. The first-order chi connectivity index (χ1) is 11.4. The Morgan fingerprint density at radius 2 is 2.12 bits per heavy atom. The predicted octanol–water partition coefficient (Wildman–Crippen LogP) is 2.42. The summed E-state index contributed by atoms with van der Waals surface area (Å²) < 4.78 is 50.0.